The number of hydrogen-bond acceptors (Lipinski definition) is 3. The standard InChI is InChI=1S/C12H10O3/c1-3-9-6-4-5-7-10(9)11(13)8-12(14)15-2/h1,4-7H,8H2,2H3. The Morgan fingerprint density at radius 1 is 1.40 bits per heavy atom. The molecule has 3 nitrogen and oxygen atoms in total. The summed E-state index contributed by atoms with van der Waals surface area (Å²) >= 11 is 0. The van der Waals surface area contributed by atoms with Crippen LogP contribution in [0.25, 0.3) is 0 Å². The third-order valence-electron chi connectivity index (χ3n) is 1.92. The second-order valence-corrected chi connectivity index (χ2v) is 2.87. The fourth-order valence-corrected chi connectivity index (χ4v) is 1.15. The first-order valence-electron chi connectivity index (χ1n) is 4.34. The molecule has 0 bridgehead atoms. The molecule has 0 radical (unpaired) electrons. The molecule has 1 rings (SSSR count). The Labute approximate surface area is 88.1 Å². The third kappa shape index (κ3) is 2.68. The summed E-state index contributed by atoms with van der Waals surface area (Å²) in [4.78, 5) is 22.5. The van der Waals surface area contributed by atoms with Crippen LogP contribution in [-0.4, -0.2) is 18.9 Å². The van der Waals surface area contributed by atoms with E-state index in [2.05, 4.69) is 10.7 Å². The van der Waals surface area contributed by atoms with Crippen molar-refractivity contribution in [3.05, 3.63) is 35.4 Å². The van der Waals surface area contributed by atoms with Crippen molar-refractivity contribution in [2.75, 3.05) is 7.11 Å². The van der Waals surface area contributed by atoms with Crippen LogP contribution in [0.3, 0.4) is 0 Å². The normalized spacial score (nSPS) is 9.07. The largest absolute Gasteiger partial charge is 0.469 e. The summed E-state index contributed by atoms with van der Waals surface area (Å²) in [7, 11) is 1.24. The molecular formula is C12H10O3. The van der Waals surface area contributed by atoms with Crippen LogP contribution in [0.5, 0.6) is 0 Å². The van der Waals surface area contributed by atoms with Crippen molar-refractivity contribution in [2.24, 2.45) is 0 Å². The molecule has 0 amide bonds. The lowest BCUT2D eigenvalue weighted by Crippen LogP contribution is -2.10. The topological polar surface area (TPSA) is 43.4 Å². The molecule has 3 heteroatoms. The molecule has 1 aromatic carbocycles. The fraction of sp³-hybridized carbons (Fsp3) is 0.167. The van der Waals surface area contributed by atoms with E-state index >= 15 is 0 Å². The van der Waals surface area contributed by atoms with Gasteiger partial charge in [0, 0.05) is 11.1 Å². The molecule has 0 fully saturated rings. The van der Waals surface area contributed by atoms with Crippen LogP contribution in [0, 0.1) is 12.3 Å². The van der Waals surface area contributed by atoms with Gasteiger partial charge in [0.05, 0.1) is 7.11 Å². The number of ether oxygens (including phenoxy) is 1. The minimum atomic E-state index is -0.563. The minimum absolute atomic E-state index is 0.283. The number of carbonyl (C=O) groups excluding carboxylic acids is 2. The van der Waals surface area contributed by atoms with E-state index in [0.29, 0.717) is 11.1 Å². The zero-order chi connectivity index (χ0) is 11.3. The van der Waals surface area contributed by atoms with Crippen molar-refractivity contribution in [1.82, 2.24) is 0 Å². The highest BCUT2D eigenvalue weighted by Crippen LogP contribution is 2.10. The maximum atomic E-state index is 11.6. The second kappa shape index (κ2) is 4.97. The highest BCUT2D eigenvalue weighted by Gasteiger charge is 2.14. The lowest BCUT2D eigenvalue weighted by Gasteiger charge is -2.02. The van der Waals surface area contributed by atoms with Gasteiger partial charge in [-0.3, -0.25) is 9.59 Å². The number of terminal acetylenes is 1. The third-order valence-corrected chi connectivity index (χ3v) is 1.92. The van der Waals surface area contributed by atoms with Crippen molar-refractivity contribution in [2.45, 2.75) is 6.42 Å². The van der Waals surface area contributed by atoms with Crippen LogP contribution in [0.4, 0.5) is 0 Å². The molecule has 76 valence electrons. The molecule has 0 atom stereocenters. The molecule has 0 aliphatic carbocycles. The number of rotatable bonds is 3. The van der Waals surface area contributed by atoms with Crippen LogP contribution >= 0.6 is 0 Å². The summed E-state index contributed by atoms with van der Waals surface area (Å²) in [5, 5.41) is 0. The predicted molar refractivity (Wildman–Crippen MR) is 55.3 cm³/mol. The molecule has 15 heavy (non-hydrogen) atoms. The average molecular weight is 202 g/mol. The molecule has 0 N–H and O–H groups in total. The number of Topliss-reactive ketones (excluding diaryl/α,β-unsaturated/α-hetero) is 1. The van der Waals surface area contributed by atoms with Crippen LogP contribution in [0.2, 0.25) is 0 Å². The van der Waals surface area contributed by atoms with Gasteiger partial charge in [-0.2, -0.15) is 0 Å². The van der Waals surface area contributed by atoms with Gasteiger partial charge in [-0.05, 0) is 6.07 Å². The SMILES string of the molecule is C#Cc1ccccc1C(=O)CC(=O)OC. The van der Waals surface area contributed by atoms with E-state index in [1.54, 1.807) is 24.3 Å². The van der Waals surface area contributed by atoms with Gasteiger partial charge in [0.25, 0.3) is 0 Å². The van der Waals surface area contributed by atoms with Crippen molar-refractivity contribution in [1.29, 1.82) is 0 Å². The zero-order valence-electron chi connectivity index (χ0n) is 8.32. The number of ketones is 1. The van der Waals surface area contributed by atoms with Crippen molar-refractivity contribution in [3.8, 4) is 12.3 Å². The van der Waals surface area contributed by atoms with E-state index in [1.807, 2.05) is 0 Å². The first-order chi connectivity index (χ1) is 7.19. The molecule has 0 aliphatic rings. The number of esters is 1. The van der Waals surface area contributed by atoms with E-state index in [1.165, 1.54) is 7.11 Å². The summed E-state index contributed by atoms with van der Waals surface area (Å²) in [5.41, 5.74) is 0.872. The number of methoxy groups -OCH3 is 1. The molecule has 0 aromatic heterocycles. The lowest BCUT2D eigenvalue weighted by atomic mass is 10.0. The first-order valence-corrected chi connectivity index (χ1v) is 4.34. The van der Waals surface area contributed by atoms with Gasteiger partial charge in [0.1, 0.15) is 6.42 Å². The Bertz CT molecular complexity index is 427. The van der Waals surface area contributed by atoms with Gasteiger partial charge < -0.3 is 4.74 Å². The molecule has 0 aliphatic heterocycles. The van der Waals surface area contributed by atoms with Gasteiger partial charge in [-0.15, -0.1) is 6.42 Å². The highest BCUT2D eigenvalue weighted by molar-refractivity contribution is 6.07. The Kier molecular flexibility index (Phi) is 3.64. The summed E-state index contributed by atoms with van der Waals surface area (Å²) < 4.78 is 4.40. The van der Waals surface area contributed by atoms with E-state index in [-0.39, 0.29) is 12.2 Å². The zero-order valence-corrected chi connectivity index (χ0v) is 8.32. The number of carbonyl (C=O) groups is 2. The Morgan fingerprint density at radius 2 is 2.07 bits per heavy atom. The minimum Gasteiger partial charge on any atom is -0.469 e. The van der Waals surface area contributed by atoms with Crippen molar-refractivity contribution < 1.29 is 14.3 Å². The Balaban J connectivity index is 2.92. The van der Waals surface area contributed by atoms with Gasteiger partial charge in [-0.25, -0.2) is 0 Å². The smallest absolute Gasteiger partial charge is 0.313 e. The molecule has 0 unspecified atom stereocenters. The molecule has 0 saturated heterocycles. The Hall–Kier alpha value is -2.08. The van der Waals surface area contributed by atoms with Crippen LogP contribution < -0.4 is 0 Å². The monoisotopic (exact) mass is 202 g/mol. The quantitative estimate of drug-likeness (QED) is 0.322. The van der Waals surface area contributed by atoms with Gasteiger partial charge in [0.15, 0.2) is 5.78 Å². The number of benzene rings is 1. The maximum absolute atomic E-state index is 11.6. The van der Waals surface area contributed by atoms with Crippen LogP contribution in [0.15, 0.2) is 24.3 Å². The highest BCUT2D eigenvalue weighted by atomic mass is 16.5. The van der Waals surface area contributed by atoms with Gasteiger partial charge in [0.2, 0.25) is 0 Å². The molecule has 1 aromatic rings. The Morgan fingerprint density at radius 3 is 2.67 bits per heavy atom. The summed E-state index contributed by atoms with van der Waals surface area (Å²) in [6.07, 6.45) is 4.95. The van der Waals surface area contributed by atoms with E-state index in [9.17, 15) is 9.59 Å². The molecule has 0 heterocycles. The van der Waals surface area contributed by atoms with Crippen LogP contribution in [-0.2, 0) is 9.53 Å². The van der Waals surface area contributed by atoms with Crippen molar-refractivity contribution in [3.63, 3.8) is 0 Å². The average Bonchev–Trinajstić information content (AvgIpc) is 2.28. The second-order valence-electron chi connectivity index (χ2n) is 2.87. The molecular weight excluding hydrogens is 192 g/mol. The maximum Gasteiger partial charge on any atom is 0.313 e. The van der Waals surface area contributed by atoms with E-state index in [4.69, 9.17) is 6.42 Å². The molecule has 0 spiro atoms. The fourth-order valence-electron chi connectivity index (χ4n) is 1.15. The first kappa shape index (κ1) is 11.0. The summed E-state index contributed by atoms with van der Waals surface area (Å²) in [6.45, 7) is 0. The van der Waals surface area contributed by atoms with Crippen molar-refractivity contribution >= 4 is 11.8 Å². The summed E-state index contributed by atoms with van der Waals surface area (Å²) in [5.74, 6) is 1.51. The van der Waals surface area contributed by atoms with E-state index < -0.39 is 5.97 Å². The van der Waals surface area contributed by atoms with E-state index in [0.717, 1.165) is 0 Å². The summed E-state index contributed by atoms with van der Waals surface area (Å²) in [6, 6.07) is 6.69. The van der Waals surface area contributed by atoms with Gasteiger partial charge >= 0.3 is 5.97 Å². The van der Waals surface area contributed by atoms with Crippen LogP contribution in [0.1, 0.15) is 22.3 Å². The number of hydrogen-bond donors (Lipinski definition) is 0. The lowest BCUT2D eigenvalue weighted by molar-refractivity contribution is -0.139. The predicted octanol–water partition coefficient (Wildman–Crippen LogP) is 1.41. The van der Waals surface area contributed by atoms with Gasteiger partial charge in [-0.1, -0.05) is 24.1 Å². The molecule has 0 saturated carbocycles.